The molecule has 2 rings (SSSR count). The van der Waals surface area contributed by atoms with Crippen LogP contribution < -0.4 is 5.32 Å². The molecule has 0 saturated heterocycles. The Morgan fingerprint density at radius 1 is 1.09 bits per heavy atom. The summed E-state index contributed by atoms with van der Waals surface area (Å²) in [6.07, 6.45) is 2.55. The van der Waals surface area contributed by atoms with Crippen LogP contribution in [-0.4, -0.2) is 28.7 Å². The van der Waals surface area contributed by atoms with E-state index in [0.29, 0.717) is 0 Å². The third-order valence-electron chi connectivity index (χ3n) is 2.57. The van der Waals surface area contributed by atoms with E-state index in [1.54, 1.807) is 6.26 Å². The van der Waals surface area contributed by atoms with Crippen LogP contribution in [0.3, 0.4) is 0 Å². The van der Waals surface area contributed by atoms with Crippen molar-refractivity contribution in [3.8, 4) is 0 Å². The smallest absolute Gasteiger partial charge is 0.414 e. The first-order chi connectivity index (χ1) is 10.5. The molecule has 0 aliphatic rings. The summed E-state index contributed by atoms with van der Waals surface area (Å²) in [6, 6.07) is 10.4. The van der Waals surface area contributed by atoms with Gasteiger partial charge in [-0.3, -0.25) is 0 Å². The number of nitrogens with one attached hydrogen (secondary N) is 1. The van der Waals surface area contributed by atoms with Gasteiger partial charge in [0.05, 0.1) is 12.8 Å². The highest BCUT2D eigenvalue weighted by atomic mass is 19.1. The normalized spacial score (nSPS) is 9.68. The number of benzene rings is 1. The van der Waals surface area contributed by atoms with E-state index in [1.165, 1.54) is 12.1 Å². The largest absolute Gasteiger partial charge is 0.473 e. The minimum Gasteiger partial charge on any atom is -0.473 e. The fraction of sp³-hybridized carbons (Fsp3) is 0.200. The third-order valence-corrected chi connectivity index (χ3v) is 2.57. The van der Waals surface area contributed by atoms with E-state index in [-0.39, 0.29) is 5.82 Å². The molecule has 0 amide bonds. The minimum atomic E-state index is -1.82. The standard InChI is InChI=1S/C13H14FNO.C2H2O4/c14-12-5-3-11(4-6-12)7-8-15-10-13-2-1-9-16-13;3-1(4)2(5)6/h1-6,9,15H,7-8,10H2;(H,3,4)(H,5,6). The second-order valence-corrected chi connectivity index (χ2v) is 4.24. The van der Waals surface area contributed by atoms with Gasteiger partial charge in [0.1, 0.15) is 11.6 Å². The van der Waals surface area contributed by atoms with Crippen molar-refractivity contribution in [2.24, 2.45) is 0 Å². The van der Waals surface area contributed by atoms with Crippen molar-refractivity contribution >= 4 is 11.9 Å². The fourth-order valence-electron chi connectivity index (χ4n) is 1.51. The summed E-state index contributed by atoms with van der Waals surface area (Å²) in [5.74, 6) is -2.91. The average molecular weight is 309 g/mol. The predicted octanol–water partition coefficient (Wildman–Crippen LogP) is 1.91. The molecule has 2 aromatic rings. The van der Waals surface area contributed by atoms with Gasteiger partial charge in [0.2, 0.25) is 0 Å². The molecule has 1 heterocycles. The molecule has 118 valence electrons. The minimum absolute atomic E-state index is 0.188. The van der Waals surface area contributed by atoms with Crippen LogP contribution in [0.15, 0.2) is 47.1 Å². The summed E-state index contributed by atoms with van der Waals surface area (Å²) in [5, 5.41) is 18.0. The predicted molar refractivity (Wildman–Crippen MR) is 75.8 cm³/mol. The molecule has 0 fully saturated rings. The molecule has 1 aromatic carbocycles. The van der Waals surface area contributed by atoms with Crippen LogP contribution in [0.2, 0.25) is 0 Å². The molecular formula is C15H16FNO5. The second-order valence-electron chi connectivity index (χ2n) is 4.24. The molecule has 0 bridgehead atoms. The van der Waals surface area contributed by atoms with E-state index in [1.807, 2.05) is 24.3 Å². The Hall–Kier alpha value is -2.67. The molecule has 0 aliphatic heterocycles. The van der Waals surface area contributed by atoms with Crippen molar-refractivity contribution in [2.75, 3.05) is 6.54 Å². The SMILES string of the molecule is Fc1ccc(CCNCc2ccco2)cc1.O=C(O)C(=O)O. The highest BCUT2D eigenvalue weighted by Crippen LogP contribution is 2.03. The lowest BCUT2D eigenvalue weighted by Crippen LogP contribution is -2.16. The van der Waals surface area contributed by atoms with E-state index in [9.17, 15) is 4.39 Å². The number of aliphatic carboxylic acids is 2. The van der Waals surface area contributed by atoms with Crippen LogP contribution in [0.1, 0.15) is 11.3 Å². The van der Waals surface area contributed by atoms with Crippen molar-refractivity contribution in [1.29, 1.82) is 0 Å². The Bertz CT molecular complexity index is 568. The number of halogens is 1. The van der Waals surface area contributed by atoms with Gasteiger partial charge < -0.3 is 19.9 Å². The van der Waals surface area contributed by atoms with Crippen molar-refractivity contribution < 1.29 is 28.6 Å². The number of hydrogen-bond acceptors (Lipinski definition) is 4. The first kappa shape index (κ1) is 17.4. The van der Waals surface area contributed by atoms with Crippen LogP contribution in [0.25, 0.3) is 0 Å². The summed E-state index contributed by atoms with van der Waals surface area (Å²) in [5.41, 5.74) is 1.13. The summed E-state index contributed by atoms with van der Waals surface area (Å²) in [6.45, 7) is 1.58. The Balaban J connectivity index is 0.000000346. The number of carbonyl (C=O) groups is 2. The quantitative estimate of drug-likeness (QED) is 0.576. The van der Waals surface area contributed by atoms with Gasteiger partial charge >= 0.3 is 11.9 Å². The lowest BCUT2D eigenvalue weighted by molar-refractivity contribution is -0.159. The van der Waals surface area contributed by atoms with Crippen molar-refractivity contribution in [3.63, 3.8) is 0 Å². The van der Waals surface area contributed by atoms with Crippen LogP contribution in [0, 0.1) is 5.82 Å². The molecule has 0 saturated carbocycles. The maximum Gasteiger partial charge on any atom is 0.414 e. The maximum atomic E-state index is 12.6. The van der Waals surface area contributed by atoms with Gasteiger partial charge in [-0.1, -0.05) is 12.1 Å². The first-order valence-electron chi connectivity index (χ1n) is 6.43. The Labute approximate surface area is 126 Å². The Morgan fingerprint density at radius 3 is 2.23 bits per heavy atom. The zero-order valence-electron chi connectivity index (χ0n) is 11.7. The van der Waals surface area contributed by atoms with E-state index in [4.69, 9.17) is 24.2 Å². The fourth-order valence-corrected chi connectivity index (χ4v) is 1.51. The van der Waals surface area contributed by atoms with Crippen molar-refractivity contribution in [1.82, 2.24) is 5.32 Å². The Kier molecular flexibility index (Phi) is 7.35. The van der Waals surface area contributed by atoms with Crippen LogP contribution >= 0.6 is 0 Å². The molecule has 3 N–H and O–H groups in total. The second kappa shape index (κ2) is 9.30. The highest BCUT2D eigenvalue weighted by molar-refractivity contribution is 6.27. The molecule has 1 aromatic heterocycles. The molecule has 0 aliphatic carbocycles. The van der Waals surface area contributed by atoms with E-state index in [2.05, 4.69) is 5.32 Å². The van der Waals surface area contributed by atoms with E-state index >= 15 is 0 Å². The summed E-state index contributed by atoms with van der Waals surface area (Å²) in [7, 11) is 0. The summed E-state index contributed by atoms with van der Waals surface area (Å²) < 4.78 is 17.8. The van der Waals surface area contributed by atoms with Crippen LogP contribution in [0.4, 0.5) is 4.39 Å². The van der Waals surface area contributed by atoms with Gasteiger partial charge in [0, 0.05) is 0 Å². The molecular weight excluding hydrogens is 293 g/mol. The molecule has 6 nitrogen and oxygen atoms in total. The lowest BCUT2D eigenvalue weighted by atomic mass is 10.1. The van der Waals surface area contributed by atoms with Gasteiger partial charge in [0.15, 0.2) is 0 Å². The number of rotatable bonds is 5. The van der Waals surface area contributed by atoms with E-state index in [0.717, 1.165) is 30.8 Å². The third kappa shape index (κ3) is 7.20. The molecule has 0 radical (unpaired) electrons. The van der Waals surface area contributed by atoms with Gasteiger partial charge in [0.25, 0.3) is 0 Å². The van der Waals surface area contributed by atoms with Gasteiger partial charge in [-0.15, -0.1) is 0 Å². The highest BCUT2D eigenvalue weighted by Gasteiger charge is 2.04. The summed E-state index contributed by atoms with van der Waals surface area (Å²) in [4.78, 5) is 18.2. The maximum absolute atomic E-state index is 12.6. The lowest BCUT2D eigenvalue weighted by Gasteiger charge is -2.03. The molecule has 0 spiro atoms. The van der Waals surface area contributed by atoms with Gasteiger partial charge in [-0.25, -0.2) is 14.0 Å². The van der Waals surface area contributed by atoms with Crippen molar-refractivity contribution in [3.05, 3.63) is 59.8 Å². The number of carboxylic acids is 2. The van der Waals surface area contributed by atoms with Crippen LogP contribution in [-0.2, 0) is 22.6 Å². The van der Waals surface area contributed by atoms with Crippen molar-refractivity contribution in [2.45, 2.75) is 13.0 Å². The molecule has 22 heavy (non-hydrogen) atoms. The topological polar surface area (TPSA) is 99.8 Å². The van der Waals surface area contributed by atoms with Crippen LogP contribution in [0.5, 0.6) is 0 Å². The Morgan fingerprint density at radius 2 is 1.73 bits per heavy atom. The number of hydrogen-bond donors (Lipinski definition) is 3. The molecule has 7 heteroatoms. The monoisotopic (exact) mass is 309 g/mol. The number of furan rings is 1. The zero-order chi connectivity index (χ0) is 16.4. The molecule has 0 unspecified atom stereocenters. The summed E-state index contributed by atoms with van der Waals surface area (Å²) >= 11 is 0. The average Bonchev–Trinajstić information content (AvgIpc) is 2.99. The number of carboxylic acid groups (broad SMARTS) is 2. The van der Waals surface area contributed by atoms with Gasteiger partial charge in [-0.2, -0.15) is 0 Å². The first-order valence-corrected chi connectivity index (χ1v) is 6.43. The molecule has 0 atom stereocenters. The zero-order valence-corrected chi connectivity index (χ0v) is 11.7. The van der Waals surface area contributed by atoms with Gasteiger partial charge in [-0.05, 0) is 42.8 Å². The van der Waals surface area contributed by atoms with E-state index < -0.39 is 11.9 Å².